The predicted octanol–water partition coefficient (Wildman–Crippen LogP) is 1.20. The topological polar surface area (TPSA) is 32.8 Å². The predicted molar refractivity (Wildman–Crippen MR) is 42.4 cm³/mol. The van der Waals surface area contributed by atoms with Crippen LogP contribution < -0.4 is 0 Å². The van der Waals surface area contributed by atoms with Crippen LogP contribution >= 0.6 is 11.6 Å². The van der Waals surface area contributed by atoms with Crippen LogP contribution in [-0.2, 0) is 4.74 Å². The summed E-state index contributed by atoms with van der Waals surface area (Å²) in [6.07, 6.45) is 6.38. The number of halogens is 1. The average molecular weight is 173 g/mol. The summed E-state index contributed by atoms with van der Waals surface area (Å²) >= 11 is 5.73. The molecule has 3 heteroatoms. The van der Waals surface area contributed by atoms with Crippen molar-refractivity contribution in [1.29, 1.82) is 0 Å². The van der Waals surface area contributed by atoms with E-state index in [1.54, 1.807) is 0 Å². The van der Waals surface area contributed by atoms with E-state index in [1.807, 2.05) is 18.2 Å². The second-order valence-corrected chi connectivity index (χ2v) is 3.29. The van der Waals surface area contributed by atoms with Gasteiger partial charge in [-0.1, -0.05) is 11.6 Å². The second kappa shape index (κ2) is 2.34. The summed E-state index contributed by atoms with van der Waals surface area (Å²) in [5, 5.41) is 9.43. The van der Waals surface area contributed by atoms with Crippen LogP contribution in [0.3, 0.4) is 0 Å². The Kier molecular flexibility index (Phi) is 1.56. The fraction of sp³-hybridized carbons (Fsp3) is 0.500. The molecule has 1 fully saturated rings. The molecule has 0 aromatic heterocycles. The molecule has 0 saturated carbocycles. The molecule has 2 aliphatic rings. The molecule has 0 radical (unpaired) electrons. The van der Waals surface area contributed by atoms with Gasteiger partial charge in [0.2, 0.25) is 0 Å². The lowest BCUT2D eigenvalue weighted by atomic mass is 9.97. The highest BCUT2D eigenvalue weighted by atomic mass is 35.5. The standard InChI is InChI=1S/C8H9ClO2/c9-6-1-2-8(3-4-10)7(5-6)11-8/h1-2,5,7,10H,3-4H2. The van der Waals surface area contributed by atoms with Crippen molar-refractivity contribution in [2.24, 2.45) is 0 Å². The Balaban J connectivity index is 2.10. The van der Waals surface area contributed by atoms with E-state index in [1.165, 1.54) is 0 Å². The Bertz CT molecular complexity index is 234. The van der Waals surface area contributed by atoms with Crippen molar-refractivity contribution >= 4 is 11.6 Å². The maximum atomic E-state index is 8.71. The average Bonchev–Trinajstić information content (AvgIpc) is 2.63. The molecule has 1 aliphatic carbocycles. The zero-order chi connectivity index (χ0) is 7.90. The molecular weight excluding hydrogens is 164 g/mol. The molecular formula is C8H9ClO2. The summed E-state index contributed by atoms with van der Waals surface area (Å²) in [6, 6.07) is 0. The molecule has 2 rings (SSSR count). The largest absolute Gasteiger partial charge is 0.396 e. The lowest BCUT2D eigenvalue weighted by Crippen LogP contribution is -2.14. The fourth-order valence-electron chi connectivity index (χ4n) is 1.39. The molecule has 2 unspecified atom stereocenters. The van der Waals surface area contributed by atoms with Crippen LogP contribution in [0.1, 0.15) is 6.42 Å². The smallest absolute Gasteiger partial charge is 0.119 e. The number of epoxide rings is 1. The van der Waals surface area contributed by atoms with Gasteiger partial charge in [-0.2, -0.15) is 0 Å². The number of aliphatic hydroxyl groups excluding tert-OH is 1. The van der Waals surface area contributed by atoms with Gasteiger partial charge in [-0.25, -0.2) is 0 Å². The van der Waals surface area contributed by atoms with E-state index in [-0.39, 0.29) is 18.3 Å². The third kappa shape index (κ3) is 1.11. The van der Waals surface area contributed by atoms with Gasteiger partial charge < -0.3 is 9.84 Å². The van der Waals surface area contributed by atoms with Gasteiger partial charge in [0.25, 0.3) is 0 Å². The SMILES string of the molecule is OCCC12C=CC(Cl)=CC1O2. The van der Waals surface area contributed by atoms with Gasteiger partial charge in [-0.15, -0.1) is 0 Å². The summed E-state index contributed by atoms with van der Waals surface area (Å²) in [6.45, 7) is 0.159. The summed E-state index contributed by atoms with van der Waals surface area (Å²) in [7, 11) is 0. The number of hydrogen-bond donors (Lipinski definition) is 1. The quantitative estimate of drug-likeness (QED) is 0.635. The Hall–Kier alpha value is -0.310. The van der Waals surface area contributed by atoms with Gasteiger partial charge in [-0.05, 0) is 18.2 Å². The molecule has 0 aromatic carbocycles. The summed E-state index contributed by atoms with van der Waals surface area (Å²) in [5.41, 5.74) is -0.215. The molecule has 1 saturated heterocycles. The molecule has 1 aliphatic heterocycles. The molecule has 0 amide bonds. The van der Waals surface area contributed by atoms with Gasteiger partial charge in [0, 0.05) is 18.1 Å². The molecule has 0 bridgehead atoms. The normalized spacial score (nSPS) is 39.8. The first-order valence-electron chi connectivity index (χ1n) is 3.62. The molecule has 1 N–H and O–H groups in total. The number of rotatable bonds is 2. The minimum absolute atomic E-state index is 0.104. The molecule has 60 valence electrons. The van der Waals surface area contributed by atoms with Crippen LogP contribution in [0.4, 0.5) is 0 Å². The fourth-order valence-corrected chi connectivity index (χ4v) is 1.57. The van der Waals surface area contributed by atoms with E-state index < -0.39 is 0 Å². The third-order valence-corrected chi connectivity index (χ3v) is 2.36. The maximum absolute atomic E-state index is 8.71. The van der Waals surface area contributed by atoms with Gasteiger partial charge in [0.15, 0.2) is 0 Å². The van der Waals surface area contributed by atoms with Crippen molar-refractivity contribution in [2.75, 3.05) is 6.61 Å². The first-order chi connectivity index (χ1) is 5.27. The van der Waals surface area contributed by atoms with Crippen molar-refractivity contribution in [3.05, 3.63) is 23.3 Å². The monoisotopic (exact) mass is 172 g/mol. The minimum Gasteiger partial charge on any atom is -0.396 e. The van der Waals surface area contributed by atoms with Crippen molar-refractivity contribution in [1.82, 2.24) is 0 Å². The van der Waals surface area contributed by atoms with Gasteiger partial charge >= 0.3 is 0 Å². The number of ether oxygens (including phenoxy) is 1. The highest BCUT2D eigenvalue weighted by Gasteiger charge is 2.53. The molecule has 2 atom stereocenters. The van der Waals surface area contributed by atoms with E-state index in [9.17, 15) is 0 Å². The van der Waals surface area contributed by atoms with Crippen LogP contribution in [0.25, 0.3) is 0 Å². The number of fused-ring (bicyclic) bond motifs is 1. The van der Waals surface area contributed by atoms with E-state index >= 15 is 0 Å². The Labute approximate surface area is 70.1 Å². The Morgan fingerprint density at radius 1 is 1.73 bits per heavy atom. The lowest BCUT2D eigenvalue weighted by Gasteiger charge is -2.06. The van der Waals surface area contributed by atoms with Crippen LogP contribution in [0, 0.1) is 0 Å². The second-order valence-electron chi connectivity index (χ2n) is 2.85. The molecule has 0 spiro atoms. The molecule has 11 heavy (non-hydrogen) atoms. The molecule has 1 heterocycles. The first-order valence-corrected chi connectivity index (χ1v) is 4.00. The van der Waals surface area contributed by atoms with Gasteiger partial charge in [0.1, 0.15) is 11.7 Å². The van der Waals surface area contributed by atoms with Crippen LogP contribution in [-0.4, -0.2) is 23.4 Å². The van der Waals surface area contributed by atoms with Gasteiger partial charge in [-0.3, -0.25) is 0 Å². The van der Waals surface area contributed by atoms with Crippen molar-refractivity contribution in [3.8, 4) is 0 Å². The minimum atomic E-state index is -0.215. The highest BCUT2D eigenvalue weighted by molar-refractivity contribution is 6.31. The summed E-state index contributed by atoms with van der Waals surface area (Å²) < 4.78 is 5.37. The van der Waals surface area contributed by atoms with Crippen molar-refractivity contribution < 1.29 is 9.84 Å². The van der Waals surface area contributed by atoms with E-state index in [2.05, 4.69) is 0 Å². The van der Waals surface area contributed by atoms with E-state index in [0.717, 1.165) is 5.03 Å². The first kappa shape index (κ1) is 7.35. The zero-order valence-electron chi connectivity index (χ0n) is 5.96. The Morgan fingerprint density at radius 3 is 3.18 bits per heavy atom. The Morgan fingerprint density at radius 2 is 2.55 bits per heavy atom. The number of hydrogen-bond acceptors (Lipinski definition) is 2. The van der Waals surface area contributed by atoms with E-state index in [4.69, 9.17) is 21.4 Å². The van der Waals surface area contributed by atoms with E-state index in [0.29, 0.717) is 6.42 Å². The molecule has 0 aromatic rings. The van der Waals surface area contributed by atoms with Crippen molar-refractivity contribution in [2.45, 2.75) is 18.1 Å². The van der Waals surface area contributed by atoms with Gasteiger partial charge in [0.05, 0.1) is 0 Å². The van der Waals surface area contributed by atoms with Crippen LogP contribution in [0.5, 0.6) is 0 Å². The van der Waals surface area contributed by atoms with Crippen molar-refractivity contribution in [3.63, 3.8) is 0 Å². The zero-order valence-corrected chi connectivity index (χ0v) is 6.71. The molecule has 2 nitrogen and oxygen atoms in total. The summed E-state index contributed by atoms with van der Waals surface area (Å²) in [5.74, 6) is 0. The lowest BCUT2D eigenvalue weighted by molar-refractivity contribution is 0.237. The number of aliphatic hydroxyl groups is 1. The highest BCUT2D eigenvalue weighted by Crippen LogP contribution is 2.45. The third-order valence-electron chi connectivity index (χ3n) is 2.11. The van der Waals surface area contributed by atoms with Crippen LogP contribution in [0.2, 0.25) is 0 Å². The summed E-state index contributed by atoms with van der Waals surface area (Å²) in [4.78, 5) is 0. The van der Waals surface area contributed by atoms with Crippen LogP contribution in [0.15, 0.2) is 23.3 Å². The maximum Gasteiger partial charge on any atom is 0.119 e. The number of allylic oxidation sites excluding steroid dienone is 2.